The molecule has 1 unspecified atom stereocenters. The molecule has 9 nitrogen and oxygen atoms in total. The number of sulfonamides is 1. The van der Waals surface area contributed by atoms with Crippen LogP contribution in [-0.2, 0) is 19.1 Å². The molecule has 1 aromatic rings. The summed E-state index contributed by atoms with van der Waals surface area (Å²) in [5.41, 5.74) is 0. The minimum atomic E-state index is -3.47. The molecule has 0 spiro atoms. The summed E-state index contributed by atoms with van der Waals surface area (Å²) in [7, 11) is -3.03. The second-order valence-electron chi connectivity index (χ2n) is 2.87. The van der Waals surface area contributed by atoms with Crippen molar-refractivity contribution in [2.24, 2.45) is 0 Å². The van der Waals surface area contributed by atoms with E-state index in [1.165, 1.54) is 6.26 Å². The maximum atomic E-state index is 11.2. The Morgan fingerprint density at radius 1 is 0.938 bits per heavy atom. The molecule has 0 bridgehead atoms. The van der Waals surface area contributed by atoms with Gasteiger partial charge in [-0.25, -0.2) is 13.1 Å². The second-order valence-corrected chi connectivity index (χ2v) is 8.84. The molecule has 0 aliphatic rings. The summed E-state index contributed by atoms with van der Waals surface area (Å²) in [6, 6.07) is 0. The normalized spacial score (nSPS) is 15.1. The van der Waals surface area contributed by atoms with Crippen LogP contribution in [0.5, 0.6) is 0 Å². The zero-order valence-electron chi connectivity index (χ0n) is 8.33. The van der Waals surface area contributed by atoms with Crippen molar-refractivity contribution in [2.75, 3.05) is 22.0 Å². The molecule has 0 amide bonds. The first-order valence-electron chi connectivity index (χ1n) is 3.72. The largest absolute Gasteiger partial charge is 0.284 e. The average Bonchev–Trinajstić information content (AvgIpc) is 2.03. The zero-order chi connectivity index (χ0) is 12.4. The minimum Gasteiger partial charge on any atom is -0.284 e. The van der Waals surface area contributed by atoms with Crippen LogP contribution in [0.1, 0.15) is 0 Å². The van der Waals surface area contributed by atoms with E-state index in [1.54, 1.807) is 0 Å². The fraction of sp³-hybridized carbons (Fsp3) is 0.500. The van der Waals surface area contributed by atoms with Gasteiger partial charge in [0.05, 0.1) is 6.26 Å². The predicted molar refractivity (Wildman–Crippen MR) is 59.5 cm³/mol. The smallest absolute Gasteiger partial charge is 0.275 e. The molecule has 1 heterocycles. The third-order valence-corrected chi connectivity index (χ3v) is 2.47. The van der Waals surface area contributed by atoms with Gasteiger partial charge in [-0.1, -0.05) is 0 Å². The van der Waals surface area contributed by atoms with Crippen LogP contribution in [0.15, 0.2) is 0 Å². The van der Waals surface area contributed by atoms with Crippen LogP contribution in [0.3, 0.4) is 0 Å². The van der Waals surface area contributed by atoms with Gasteiger partial charge in [0.1, 0.15) is 8.95 Å². The van der Waals surface area contributed by atoms with E-state index < -0.39 is 19.1 Å². The number of nitrogens with one attached hydrogen (secondary N) is 2. The maximum absolute atomic E-state index is 11.2. The first-order chi connectivity index (χ1) is 7.16. The first kappa shape index (κ1) is 12.9. The molecule has 0 fully saturated rings. The van der Waals surface area contributed by atoms with Crippen LogP contribution >= 0.6 is 0 Å². The topological polar surface area (TPSA) is 127 Å². The summed E-state index contributed by atoms with van der Waals surface area (Å²) < 4.78 is 37.2. The maximum Gasteiger partial charge on any atom is 0.275 e. The Balaban J connectivity index is 2.84. The van der Waals surface area contributed by atoms with Gasteiger partial charge in [-0.15, -0.1) is 20.4 Å². The molecule has 2 radical (unpaired) electrons. The fourth-order valence-electron chi connectivity index (χ4n) is 0.651. The lowest BCUT2D eigenvalue weighted by molar-refractivity contribution is 0.606. The molecule has 1 aromatic heterocycles. The van der Waals surface area contributed by atoms with Crippen LogP contribution in [-0.4, -0.2) is 54.5 Å². The van der Waals surface area contributed by atoms with Crippen molar-refractivity contribution in [3.05, 3.63) is 0 Å². The fourth-order valence-corrected chi connectivity index (χ4v) is 1.77. The van der Waals surface area contributed by atoms with Crippen molar-refractivity contribution < 1.29 is 12.6 Å². The van der Waals surface area contributed by atoms with E-state index in [0.717, 1.165) is 6.26 Å². The predicted octanol–water partition coefficient (Wildman–Crippen LogP) is -2.04. The molecule has 0 aromatic carbocycles. The molecule has 88 valence electrons. The van der Waals surface area contributed by atoms with Crippen LogP contribution in [0, 0.1) is 0 Å². The highest BCUT2D eigenvalue weighted by molar-refractivity contribution is 8.05. The van der Waals surface area contributed by atoms with Crippen LogP contribution in [0.2, 0.25) is 0 Å². The third kappa shape index (κ3) is 5.08. The number of aromatic nitrogens is 4. The van der Waals surface area contributed by atoms with E-state index in [2.05, 4.69) is 34.1 Å². The van der Waals surface area contributed by atoms with E-state index in [-0.39, 0.29) is 11.9 Å². The molecular formula is C4H8N6O3S2Si. The molecule has 12 heteroatoms. The standard InChI is InChI=1S/C4H8N6O3S2Si/c1-14(11,12)9-3-5-7-4(8-6-3)10-15(2,13)16/h1-2H3,(H,5,6,9)(H,7,8,10,13). The van der Waals surface area contributed by atoms with Crippen molar-refractivity contribution in [1.82, 2.24) is 20.4 Å². The second kappa shape index (κ2) is 4.38. The monoisotopic (exact) mass is 280 g/mol. The Morgan fingerprint density at radius 2 is 1.31 bits per heavy atom. The number of anilines is 2. The molecule has 16 heavy (non-hydrogen) atoms. The number of rotatable bonds is 4. The van der Waals surface area contributed by atoms with Gasteiger partial charge in [0.2, 0.25) is 10.0 Å². The highest BCUT2D eigenvalue weighted by Gasteiger charge is 2.07. The van der Waals surface area contributed by atoms with Gasteiger partial charge in [-0.3, -0.25) is 8.93 Å². The Kier molecular flexibility index (Phi) is 3.54. The molecule has 0 aliphatic carbocycles. The van der Waals surface area contributed by atoms with E-state index in [9.17, 15) is 12.6 Å². The average molecular weight is 280 g/mol. The molecule has 2 N–H and O–H groups in total. The lowest BCUT2D eigenvalue weighted by Crippen LogP contribution is -2.17. The SMILES string of the molecule is CS(=O)(=O)Nc1nnc(NS(C)(=O)=[Si])nn1. The van der Waals surface area contributed by atoms with E-state index in [4.69, 9.17) is 0 Å². The Hall–Kier alpha value is -1.14. The van der Waals surface area contributed by atoms with Gasteiger partial charge in [0, 0.05) is 15.4 Å². The Bertz CT molecular complexity index is 513. The zero-order valence-corrected chi connectivity index (χ0v) is 11.0. The molecule has 1 atom stereocenters. The van der Waals surface area contributed by atoms with Crippen LogP contribution in [0.4, 0.5) is 11.9 Å². The Morgan fingerprint density at radius 3 is 1.62 bits per heavy atom. The van der Waals surface area contributed by atoms with E-state index >= 15 is 0 Å². The van der Waals surface area contributed by atoms with Crippen molar-refractivity contribution in [3.63, 3.8) is 0 Å². The summed E-state index contributed by atoms with van der Waals surface area (Å²) in [6.45, 7) is 0. The van der Waals surface area contributed by atoms with Gasteiger partial charge >= 0.3 is 0 Å². The summed E-state index contributed by atoms with van der Waals surface area (Å²) in [5.74, 6) is -0.342. The lowest BCUT2D eigenvalue weighted by Gasteiger charge is -2.04. The first-order valence-corrected chi connectivity index (χ1v) is 8.81. The number of hydrogen-bond donors (Lipinski definition) is 2. The highest BCUT2D eigenvalue weighted by Crippen LogP contribution is 1.99. The van der Waals surface area contributed by atoms with Crippen molar-refractivity contribution in [1.29, 1.82) is 0 Å². The van der Waals surface area contributed by atoms with Crippen LogP contribution in [0.25, 0.3) is 0 Å². The van der Waals surface area contributed by atoms with Crippen molar-refractivity contribution in [3.8, 4) is 0 Å². The van der Waals surface area contributed by atoms with Gasteiger partial charge in [0.25, 0.3) is 11.9 Å². The van der Waals surface area contributed by atoms with E-state index in [1.807, 2.05) is 4.72 Å². The van der Waals surface area contributed by atoms with Gasteiger partial charge in [-0.2, -0.15) is 0 Å². The Labute approximate surface area is 95.2 Å². The van der Waals surface area contributed by atoms with Crippen LogP contribution < -0.4 is 9.44 Å². The van der Waals surface area contributed by atoms with Crippen molar-refractivity contribution >= 4 is 40.0 Å². The minimum absolute atomic E-state index is 0.0819. The molecule has 1 rings (SSSR count). The highest BCUT2D eigenvalue weighted by atomic mass is 32.3. The van der Waals surface area contributed by atoms with E-state index in [0.29, 0.717) is 0 Å². The summed E-state index contributed by atoms with van der Waals surface area (Å²) in [6.07, 6.45) is 2.31. The number of hydrogen-bond acceptors (Lipinski definition) is 7. The summed E-state index contributed by atoms with van der Waals surface area (Å²) >= 11 is 0. The number of nitrogens with zero attached hydrogens (tertiary/aromatic N) is 4. The van der Waals surface area contributed by atoms with Gasteiger partial charge in [-0.05, 0) is 0 Å². The molecule has 0 saturated heterocycles. The summed E-state index contributed by atoms with van der Waals surface area (Å²) in [5, 5.41) is 13.8. The lowest BCUT2D eigenvalue weighted by atomic mass is 11.0. The summed E-state index contributed by atoms with van der Waals surface area (Å²) in [4.78, 5) is 0. The molecule has 0 saturated carbocycles. The molecular weight excluding hydrogens is 272 g/mol. The van der Waals surface area contributed by atoms with Gasteiger partial charge in [0.15, 0.2) is 0 Å². The third-order valence-electron chi connectivity index (χ3n) is 1.04. The molecule has 0 aliphatic heterocycles. The van der Waals surface area contributed by atoms with Crippen molar-refractivity contribution in [2.45, 2.75) is 0 Å². The van der Waals surface area contributed by atoms with Gasteiger partial charge < -0.3 is 0 Å². The quantitative estimate of drug-likeness (QED) is 0.608.